The highest BCUT2D eigenvalue weighted by Gasteiger charge is 2.14. The van der Waals surface area contributed by atoms with Crippen LogP contribution in [0.4, 0.5) is 13.2 Å². The second-order valence-electron chi connectivity index (χ2n) is 3.68. The Labute approximate surface area is 101 Å². The van der Waals surface area contributed by atoms with E-state index >= 15 is 0 Å². The molecule has 0 spiro atoms. The topological polar surface area (TPSA) is 30.0 Å². The molecule has 0 saturated heterocycles. The highest BCUT2D eigenvalue weighted by molar-refractivity contribution is 5.95. The third kappa shape index (κ3) is 2.56. The molecular formula is C13H8F3NO. The molecule has 0 aliphatic carbocycles. The van der Waals surface area contributed by atoms with E-state index in [4.69, 9.17) is 0 Å². The van der Waals surface area contributed by atoms with Gasteiger partial charge in [0.05, 0.1) is 0 Å². The second-order valence-corrected chi connectivity index (χ2v) is 3.68. The Morgan fingerprint density at radius 1 is 1.06 bits per heavy atom. The second kappa shape index (κ2) is 5.00. The van der Waals surface area contributed by atoms with Gasteiger partial charge in [-0.2, -0.15) is 0 Å². The number of hydrogen-bond acceptors (Lipinski definition) is 2. The van der Waals surface area contributed by atoms with Gasteiger partial charge in [0.1, 0.15) is 5.69 Å². The summed E-state index contributed by atoms with van der Waals surface area (Å²) in [5.41, 5.74) is -0.0359. The summed E-state index contributed by atoms with van der Waals surface area (Å²) < 4.78 is 38.9. The molecule has 0 radical (unpaired) electrons. The molecule has 2 nitrogen and oxygen atoms in total. The third-order valence-electron chi connectivity index (χ3n) is 2.37. The van der Waals surface area contributed by atoms with Crippen LogP contribution in [0.2, 0.25) is 0 Å². The number of carbonyl (C=O) groups is 1. The number of ketones is 1. The molecule has 0 fully saturated rings. The van der Waals surface area contributed by atoms with Crippen LogP contribution >= 0.6 is 0 Å². The lowest BCUT2D eigenvalue weighted by molar-refractivity contribution is 0.0984. The number of Topliss-reactive ketones (excluding diaryl/α,β-unsaturated/α-hetero) is 1. The van der Waals surface area contributed by atoms with Crippen LogP contribution in [-0.2, 0) is 6.42 Å². The van der Waals surface area contributed by atoms with Crippen molar-refractivity contribution in [3.05, 3.63) is 65.2 Å². The molecule has 0 aliphatic rings. The minimum Gasteiger partial charge on any atom is -0.292 e. The Kier molecular flexibility index (Phi) is 3.41. The number of nitrogens with zero attached hydrogens (tertiary/aromatic N) is 1. The molecule has 18 heavy (non-hydrogen) atoms. The lowest BCUT2D eigenvalue weighted by Gasteiger charge is -2.02. The first-order chi connectivity index (χ1) is 8.58. The summed E-state index contributed by atoms with van der Waals surface area (Å²) in [7, 11) is 0. The average Bonchev–Trinajstić information content (AvgIpc) is 2.34. The maximum Gasteiger partial charge on any atom is 0.188 e. The van der Waals surface area contributed by atoms with Gasteiger partial charge in [0, 0.05) is 12.6 Å². The van der Waals surface area contributed by atoms with Gasteiger partial charge in [0.15, 0.2) is 23.2 Å². The van der Waals surface area contributed by atoms with E-state index in [2.05, 4.69) is 4.98 Å². The monoisotopic (exact) mass is 251 g/mol. The van der Waals surface area contributed by atoms with Crippen molar-refractivity contribution in [1.82, 2.24) is 4.98 Å². The predicted molar refractivity (Wildman–Crippen MR) is 58.6 cm³/mol. The summed E-state index contributed by atoms with van der Waals surface area (Å²) in [6.07, 6.45) is 1.06. The van der Waals surface area contributed by atoms with E-state index in [1.807, 2.05) is 0 Å². The molecule has 1 aromatic heterocycles. The van der Waals surface area contributed by atoms with E-state index in [0.717, 1.165) is 18.2 Å². The van der Waals surface area contributed by atoms with Gasteiger partial charge in [-0.05, 0) is 29.8 Å². The van der Waals surface area contributed by atoms with Crippen LogP contribution in [0.5, 0.6) is 0 Å². The van der Waals surface area contributed by atoms with Crippen molar-refractivity contribution < 1.29 is 18.0 Å². The summed E-state index contributed by atoms with van der Waals surface area (Å²) in [6.45, 7) is 0. The fraction of sp³-hybridized carbons (Fsp3) is 0.0769. The van der Waals surface area contributed by atoms with Gasteiger partial charge in [-0.3, -0.25) is 9.78 Å². The summed E-state index contributed by atoms with van der Waals surface area (Å²) in [5, 5.41) is 0. The van der Waals surface area contributed by atoms with Crippen LogP contribution in [0.1, 0.15) is 16.1 Å². The number of aromatic nitrogens is 1. The van der Waals surface area contributed by atoms with Gasteiger partial charge in [0.25, 0.3) is 0 Å². The molecule has 0 atom stereocenters. The molecule has 0 N–H and O–H groups in total. The summed E-state index contributed by atoms with van der Waals surface area (Å²) >= 11 is 0. The summed E-state index contributed by atoms with van der Waals surface area (Å²) in [5.74, 6) is -3.35. The maximum absolute atomic E-state index is 13.3. The molecule has 1 aromatic carbocycles. The van der Waals surface area contributed by atoms with Crippen molar-refractivity contribution in [2.75, 3.05) is 0 Å². The van der Waals surface area contributed by atoms with Gasteiger partial charge in [-0.25, -0.2) is 13.2 Å². The lowest BCUT2D eigenvalue weighted by atomic mass is 10.1. The van der Waals surface area contributed by atoms with Crippen molar-refractivity contribution >= 4 is 5.78 Å². The molecule has 2 rings (SSSR count). The smallest absolute Gasteiger partial charge is 0.188 e. The Morgan fingerprint density at radius 2 is 1.83 bits per heavy atom. The highest BCUT2D eigenvalue weighted by Crippen LogP contribution is 2.12. The van der Waals surface area contributed by atoms with E-state index in [-0.39, 0.29) is 17.7 Å². The van der Waals surface area contributed by atoms with E-state index in [9.17, 15) is 18.0 Å². The Bertz CT molecular complexity index is 599. The van der Waals surface area contributed by atoms with E-state index < -0.39 is 23.2 Å². The normalized spacial score (nSPS) is 10.4. The molecule has 0 unspecified atom stereocenters. The standard InChI is InChI=1S/C13H8F3NO/c14-9-4-3-8(6-11(9)16)7-12(18)13-10(15)2-1-5-17-13/h1-6H,7H2. The summed E-state index contributed by atoms with van der Waals surface area (Å²) in [4.78, 5) is 15.3. The molecule has 0 amide bonds. The molecule has 1 heterocycles. The van der Waals surface area contributed by atoms with Gasteiger partial charge in [0.2, 0.25) is 0 Å². The van der Waals surface area contributed by atoms with Crippen molar-refractivity contribution in [2.45, 2.75) is 6.42 Å². The number of benzene rings is 1. The van der Waals surface area contributed by atoms with Crippen LogP contribution in [0.3, 0.4) is 0 Å². The fourth-order valence-electron chi connectivity index (χ4n) is 1.51. The van der Waals surface area contributed by atoms with Gasteiger partial charge < -0.3 is 0 Å². The molecule has 0 saturated carbocycles. The van der Waals surface area contributed by atoms with Crippen LogP contribution in [0.25, 0.3) is 0 Å². The van der Waals surface area contributed by atoms with Gasteiger partial charge in [-0.15, -0.1) is 0 Å². The summed E-state index contributed by atoms with van der Waals surface area (Å²) in [6, 6.07) is 5.59. The predicted octanol–water partition coefficient (Wildman–Crippen LogP) is 2.92. The van der Waals surface area contributed by atoms with Crippen molar-refractivity contribution in [3.8, 4) is 0 Å². The molecule has 92 valence electrons. The first kappa shape index (κ1) is 12.3. The number of hydrogen-bond donors (Lipinski definition) is 0. The van der Waals surface area contributed by atoms with E-state index in [0.29, 0.717) is 0 Å². The lowest BCUT2D eigenvalue weighted by Crippen LogP contribution is -2.08. The zero-order chi connectivity index (χ0) is 13.1. The largest absolute Gasteiger partial charge is 0.292 e. The maximum atomic E-state index is 13.3. The first-order valence-corrected chi connectivity index (χ1v) is 5.15. The number of rotatable bonds is 3. The zero-order valence-electron chi connectivity index (χ0n) is 9.16. The Balaban J connectivity index is 2.22. The van der Waals surface area contributed by atoms with E-state index in [1.165, 1.54) is 18.3 Å². The van der Waals surface area contributed by atoms with Crippen LogP contribution in [-0.4, -0.2) is 10.8 Å². The molecule has 5 heteroatoms. The van der Waals surface area contributed by atoms with Crippen LogP contribution < -0.4 is 0 Å². The number of halogens is 3. The molecular weight excluding hydrogens is 243 g/mol. The number of carbonyl (C=O) groups excluding carboxylic acids is 1. The van der Waals surface area contributed by atoms with Crippen molar-refractivity contribution in [2.24, 2.45) is 0 Å². The Hall–Kier alpha value is -2.17. The SMILES string of the molecule is O=C(Cc1ccc(F)c(F)c1)c1ncccc1F. The number of pyridine rings is 1. The first-order valence-electron chi connectivity index (χ1n) is 5.15. The van der Waals surface area contributed by atoms with Crippen molar-refractivity contribution in [3.63, 3.8) is 0 Å². The quantitative estimate of drug-likeness (QED) is 0.785. The van der Waals surface area contributed by atoms with Gasteiger partial charge in [-0.1, -0.05) is 6.07 Å². The van der Waals surface area contributed by atoms with E-state index in [1.54, 1.807) is 0 Å². The van der Waals surface area contributed by atoms with Crippen LogP contribution in [0, 0.1) is 17.5 Å². The molecule has 0 bridgehead atoms. The highest BCUT2D eigenvalue weighted by atomic mass is 19.2. The minimum absolute atomic E-state index is 0.231. The van der Waals surface area contributed by atoms with Gasteiger partial charge >= 0.3 is 0 Å². The Morgan fingerprint density at radius 3 is 2.50 bits per heavy atom. The van der Waals surface area contributed by atoms with Crippen LogP contribution in [0.15, 0.2) is 36.5 Å². The molecule has 2 aromatic rings. The fourth-order valence-corrected chi connectivity index (χ4v) is 1.51. The zero-order valence-corrected chi connectivity index (χ0v) is 9.16. The average molecular weight is 251 g/mol. The molecule has 0 aliphatic heterocycles. The third-order valence-corrected chi connectivity index (χ3v) is 2.37. The van der Waals surface area contributed by atoms with Crippen molar-refractivity contribution in [1.29, 1.82) is 0 Å². The minimum atomic E-state index is -1.04.